The second-order valence-corrected chi connectivity index (χ2v) is 5.06. The lowest BCUT2D eigenvalue weighted by Gasteiger charge is -2.10. The minimum absolute atomic E-state index is 0.121. The van der Waals surface area contributed by atoms with E-state index in [1.54, 1.807) is 14.0 Å². The molecular weight excluding hydrogens is 272 g/mol. The summed E-state index contributed by atoms with van der Waals surface area (Å²) in [6, 6.07) is 0. The Morgan fingerprint density at radius 1 is 1.29 bits per heavy atom. The van der Waals surface area contributed by atoms with Crippen LogP contribution >= 0.6 is 0 Å². The summed E-state index contributed by atoms with van der Waals surface area (Å²) in [5, 5.41) is 9.45. The zero-order valence-corrected chi connectivity index (χ0v) is 13.3. The van der Waals surface area contributed by atoms with E-state index in [1.807, 2.05) is 13.8 Å². The van der Waals surface area contributed by atoms with Crippen molar-refractivity contribution in [2.24, 2.45) is 11.0 Å². The Bertz CT molecular complexity index is 392. The third-order valence-electron chi connectivity index (χ3n) is 2.39. The zero-order valence-electron chi connectivity index (χ0n) is 13.3. The lowest BCUT2D eigenvalue weighted by atomic mass is 10.2. The molecule has 0 radical (unpaired) electrons. The zero-order chi connectivity index (χ0) is 16.3. The predicted octanol–water partition coefficient (Wildman–Crippen LogP) is 0.391. The highest BCUT2D eigenvalue weighted by atomic mass is 16.5. The predicted molar refractivity (Wildman–Crippen MR) is 82.7 cm³/mol. The van der Waals surface area contributed by atoms with Crippen molar-refractivity contribution in [2.45, 2.75) is 27.2 Å². The van der Waals surface area contributed by atoms with Gasteiger partial charge in [0.05, 0.1) is 18.7 Å². The Labute approximate surface area is 126 Å². The molecule has 0 saturated heterocycles. The molecule has 0 aromatic rings. The van der Waals surface area contributed by atoms with E-state index in [1.165, 1.54) is 0 Å². The summed E-state index contributed by atoms with van der Waals surface area (Å²) in [6.07, 6.45) is 0.121. The van der Waals surface area contributed by atoms with Crippen molar-refractivity contribution in [1.29, 1.82) is 0 Å². The average Bonchev–Trinajstić information content (AvgIpc) is 2.42. The minimum Gasteiger partial charge on any atom is -0.383 e. The standard InChI is InChI=1S/C14H26N4O3/c1-10(2)9-16-12(4)14(20)18-17-11(3)8-13(19)15-6-7-21-5/h10,16H,4,6-9H2,1-3,5H3,(H,15,19)(H,18,20). The van der Waals surface area contributed by atoms with Crippen LogP contribution in [0.25, 0.3) is 0 Å². The number of carbonyl (C=O) groups excluding carboxylic acids is 2. The van der Waals surface area contributed by atoms with Crippen LogP contribution in [0.2, 0.25) is 0 Å². The van der Waals surface area contributed by atoms with E-state index in [-0.39, 0.29) is 18.0 Å². The maximum atomic E-state index is 11.7. The lowest BCUT2D eigenvalue weighted by Crippen LogP contribution is -2.31. The number of carbonyl (C=O) groups is 2. The Morgan fingerprint density at radius 3 is 2.52 bits per heavy atom. The van der Waals surface area contributed by atoms with Crippen LogP contribution in [-0.4, -0.2) is 44.3 Å². The smallest absolute Gasteiger partial charge is 0.286 e. The number of hydrazone groups is 1. The Morgan fingerprint density at radius 2 is 1.95 bits per heavy atom. The molecule has 0 saturated carbocycles. The van der Waals surface area contributed by atoms with Gasteiger partial charge in [-0.1, -0.05) is 20.4 Å². The van der Waals surface area contributed by atoms with Gasteiger partial charge in [-0.2, -0.15) is 5.10 Å². The number of nitrogens with one attached hydrogen (secondary N) is 3. The Kier molecular flexibility index (Phi) is 9.87. The van der Waals surface area contributed by atoms with Crippen LogP contribution in [0.4, 0.5) is 0 Å². The second-order valence-electron chi connectivity index (χ2n) is 5.06. The van der Waals surface area contributed by atoms with Crippen molar-refractivity contribution in [3.63, 3.8) is 0 Å². The van der Waals surface area contributed by atoms with E-state index in [4.69, 9.17) is 4.74 Å². The summed E-state index contributed by atoms with van der Waals surface area (Å²) in [6.45, 7) is 10.9. The molecule has 0 aromatic carbocycles. The first-order valence-corrected chi connectivity index (χ1v) is 6.88. The van der Waals surface area contributed by atoms with Crippen molar-refractivity contribution >= 4 is 17.5 Å². The van der Waals surface area contributed by atoms with E-state index in [2.05, 4.69) is 27.7 Å². The molecule has 0 aliphatic heterocycles. The quantitative estimate of drug-likeness (QED) is 0.235. The van der Waals surface area contributed by atoms with E-state index in [0.29, 0.717) is 31.3 Å². The number of amides is 2. The van der Waals surface area contributed by atoms with Gasteiger partial charge >= 0.3 is 0 Å². The van der Waals surface area contributed by atoms with Gasteiger partial charge in [-0.25, -0.2) is 5.43 Å². The summed E-state index contributed by atoms with van der Waals surface area (Å²) < 4.78 is 4.82. The van der Waals surface area contributed by atoms with Gasteiger partial charge in [-0.15, -0.1) is 0 Å². The Hall–Kier alpha value is -1.89. The molecule has 0 bridgehead atoms. The second kappa shape index (κ2) is 10.8. The molecule has 0 aliphatic carbocycles. The van der Waals surface area contributed by atoms with Gasteiger partial charge in [-0.3, -0.25) is 9.59 Å². The molecule has 0 fully saturated rings. The molecule has 0 rings (SSSR count). The highest BCUT2D eigenvalue weighted by molar-refractivity contribution is 6.00. The lowest BCUT2D eigenvalue weighted by molar-refractivity contribution is -0.120. The number of rotatable bonds is 10. The third kappa shape index (κ3) is 10.5. The minimum atomic E-state index is -0.408. The first kappa shape index (κ1) is 19.1. The first-order valence-electron chi connectivity index (χ1n) is 6.88. The molecule has 7 heteroatoms. The first-order chi connectivity index (χ1) is 9.86. The average molecular weight is 298 g/mol. The molecule has 0 spiro atoms. The molecule has 120 valence electrons. The molecule has 2 amide bonds. The molecule has 0 atom stereocenters. The van der Waals surface area contributed by atoms with Crippen LogP contribution in [0.5, 0.6) is 0 Å². The highest BCUT2D eigenvalue weighted by Crippen LogP contribution is 1.92. The van der Waals surface area contributed by atoms with Gasteiger partial charge in [0.1, 0.15) is 0 Å². The number of ether oxygens (including phenoxy) is 1. The molecular formula is C14H26N4O3. The molecule has 7 nitrogen and oxygen atoms in total. The van der Waals surface area contributed by atoms with Crippen molar-refractivity contribution < 1.29 is 14.3 Å². The number of nitrogens with zero attached hydrogens (tertiary/aromatic N) is 1. The van der Waals surface area contributed by atoms with E-state index >= 15 is 0 Å². The fourth-order valence-corrected chi connectivity index (χ4v) is 1.25. The molecule has 0 heterocycles. The third-order valence-corrected chi connectivity index (χ3v) is 2.39. The number of hydrogen-bond donors (Lipinski definition) is 3. The van der Waals surface area contributed by atoms with Crippen LogP contribution in [0, 0.1) is 5.92 Å². The van der Waals surface area contributed by atoms with Gasteiger partial charge in [0.2, 0.25) is 5.91 Å². The van der Waals surface area contributed by atoms with Crippen LogP contribution in [0.15, 0.2) is 17.4 Å². The summed E-state index contributed by atoms with van der Waals surface area (Å²) in [5.74, 6) is -0.162. The summed E-state index contributed by atoms with van der Waals surface area (Å²) in [4.78, 5) is 23.2. The maximum absolute atomic E-state index is 11.7. The summed E-state index contributed by atoms with van der Waals surface area (Å²) in [5.41, 5.74) is 3.12. The van der Waals surface area contributed by atoms with Crippen molar-refractivity contribution in [1.82, 2.24) is 16.1 Å². The highest BCUT2D eigenvalue weighted by Gasteiger charge is 2.07. The van der Waals surface area contributed by atoms with Crippen LogP contribution in [0.1, 0.15) is 27.2 Å². The topological polar surface area (TPSA) is 91.8 Å². The fraction of sp³-hybridized carbons (Fsp3) is 0.643. The largest absolute Gasteiger partial charge is 0.383 e. The molecule has 0 aliphatic rings. The molecule has 21 heavy (non-hydrogen) atoms. The SMILES string of the molecule is C=C(NCC(C)C)C(=O)NN=C(C)CC(=O)NCCOC. The van der Waals surface area contributed by atoms with E-state index < -0.39 is 5.91 Å². The Balaban J connectivity index is 4.06. The molecule has 3 N–H and O–H groups in total. The van der Waals surface area contributed by atoms with Gasteiger partial charge in [0, 0.05) is 25.9 Å². The van der Waals surface area contributed by atoms with Gasteiger partial charge in [0.15, 0.2) is 0 Å². The number of methoxy groups -OCH3 is 1. The summed E-state index contributed by atoms with van der Waals surface area (Å²) >= 11 is 0. The summed E-state index contributed by atoms with van der Waals surface area (Å²) in [7, 11) is 1.56. The number of hydrogen-bond acceptors (Lipinski definition) is 5. The van der Waals surface area contributed by atoms with Crippen LogP contribution < -0.4 is 16.1 Å². The van der Waals surface area contributed by atoms with E-state index in [9.17, 15) is 9.59 Å². The molecule has 0 aromatic heterocycles. The van der Waals surface area contributed by atoms with Crippen molar-refractivity contribution in [3.05, 3.63) is 12.3 Å². The molecule has 0 unspecified atom stereocenters. The maximum Gasteiger partial charge on any atom is 0.286 e. The van der Waals surface area contributed by atoms with Crippen molar-refractivity contribution in [2.75, 3.05) is 26.8 Å². The monoisotopic (exact) mass is 298 g/mol. The van der Waals surface area contributed by atoms with Crippen LogP contribution in [0.3, 0.4) is 0 Å². The van der Waals surface area contributed by atoms with Gasteiger partial charge in [0.25, 0.3) is 5.91 Å². The van der Waals surface area contributed by atoms with Gasteiger partial charge < -0.3 is 15.4 Å². The van der Waals surface area contributed by atoms with E-state index in [0.717, 1.165) is 0 Å². The van der Waals surface area contributed by atoms with Crippen molar-refractivity contribution in [3.8, 4) is 0 Å². The van der Waals surface area contributed by atoms with Gasteiger partial charge in [-0.05, 0) is 12.8 Å². The normalized spacial score (nSPS) is 11.2. The van der Waals surface area contributed by atoms with Crippen LogP contribution in [-0.2, 0) is 14.3 Å². The fourth-order valence-electron chi connectivity index (χ4n) is 1.25.